The molecular formula is C12H16F6O2. The lowest BCUT2D eigenvalue weighted by Gasteiger charge is -2.36. The number of hydrogen-bond donors (Lipinski definition) is 2. The molecule has 0 heterocycles. The van der Waals surface area contributed by atoms with Crippen molar-refractivity contribution in [1.29, 1.82) is 0 Å². The average Bonchev–Trinajstić information content (AvgIpc) is 2.87. The van der Waals surface area contributed by atoms with Gasteiger partial charge in [0.05, 0.1) is 6.10 Å². The number of hydrogen-bond acceptors (Lipinski definition) is 2. The van der Waals surface area contributed by atoms with E-state index in [1.54, 1.807) is 0 Å². The zero-order valence-electron chi connectivity index (χ0n) is 10.5. The molecule has 8 heteroatoms. The lowest BCUT2D eigenvalue weighted by molar-refractivity contribution is -0.375. The Labute approximate surface area is 111 Å². The first-order valence-corrected chi connectivity index (χ1v) is 6.49. The smallest absolute Gasteiger partial charge is 0.393 e. The topological polar surface area (TPSA) is 40.5 Å². The van der Waals surface area contributed by atoms with Crippen LogP contribution in [-0.2, 0) is 0 Å². The molecule has 2 N–H and O–H groups in total. The first kappa shape index (κ1) is 15.9. The average molecular weight is 306 g/mol. The highest BCUT2D eigenvalue weighted by Gasteiger charge is 2.71. The summed E-state index contributed by atoms with van der Waals surface area (Å²) in [7, 11) is 0. The van der Waals surface area contributed by atoms with Crippen LogP contribution in [0.4, 0.5) is 26.3 Å². The fourth-order valence-electron chi connectivity index (χ4n) is 3.61. The minimum Gasteiger partial charge on any atom is -0.393 e. The summed E-state index contributed by atoms with van der Waals surface area (Å²) in [6, 6.07) is 0. The van der Waals surface area contributed by atoms with Crippen LogP contribution in [0.1, 0.15) is 32.1 Å². The predicted molar refractivity (Wildman–Crippen MR) is 56.6 cm³/mol. The van der Waals surface area contributed by atoms with Crippen molar-refractivity contribution in [2.24, 2.45) is 17.8 Å². The second-order valence-electron chi connectivity index (χ2n) is 5.97. The monoisotopic (exact) mass is 306 g/mol. The maximum Gasteiger partial charge on any atom is 0.426 e. The first-order valence-electron chi connectivity index (χ1n) is 6.49. The molecular weight excluding hydrogens is 290 g/mol. The fourth-order valence-corrected chi connectivity index (χ4v) is 3.61. The van der Waals surface area contributed by atoms with Crippen LogP contribution in [-0.4, -0.2) is 34.3 Å². The van der Waals surface area contributed by atoms with Crippen molar-refractivity contribution in [1.82, 2.24) is 0 Å². The van der Waals surface area contributed by atoms with Crippen molar-refractivity contribution in [3.8, 4) is 0 Å². The van der Waals surface area contributed by atoms with Crippen LogP contribution in [0.5, 0.6) is 0 Å². The summed E-state index contributed by atoms with van der Waals surface area (Å²) in [6.07, 6.45) is -12.4. The molecule has 2 aliphatic rings. The molecule has 0 aliphatic heterocycles. The summed E-state index contributed by atoms with van der Waals surface area (Å²) in [5.41, 5.74) is -4.85. The van der Waals surface area contributed by atoms with Crippen molar-refractivity contribution >= 4 is 0 Å². The van der Waals surface area contributed by atoms with E-state index in [1.165, 1.54) is 0 Å². The van der Waals surface area contributed by atoms with Crippen molar-refractivity contribution in [3.63, 3.8) is 0 Å². The highest BCUT2D eigenvalue weighted by Crippen LogP contribution is 2.52. The molecule has 4 atom stereocenters. The van der Waals surface area contributed by atoms with Gasteiger partial charge in [0, 0.05) is 6.42 Å². The van der Waals surface area contributed by atoms with Crippen LogP contribution >= 0.6 is 0 Å². The Bertz CT molecular complexity index is 350. The molecule has 0 saturated heterocycles. The standard InChI is InChI=1S/C12H16F6O2/c13-11(14,15)10(20,12(16,17)18)5-9(19)8-4-6-1-2-7(8)3-6/h6-9,19-20H,1-5H2. The molecule has 2 fully saturated rings. The minimum atomic E-state index is -5.86. The van der Waals surface area contributed by atoms with Crippen molar-refractivity contribution < 1.29 is 36.6 Å². The van der Waals surface area contributed by atoms with Crippen LogP contribution in [0, 0.1) is 17.8 Å². The molecule has 0 aromatic heterocycles. The maximum atomic E-state index is 12.6. The van der Waals surface area contributed by atoms with Gasteiger partial charge in [-0.1, -0.05) is 6.42 Å². The second-order valence-corrected chi connectivity index (χ2v) is 5.97. The van der Waals surface area contributed by atoms with Crippen LogP contribution < -0.4 is 0 Å². The van der Waals surface area contributed by atoms with E-state index in [4.69, 9.17) is 5.11 Å². The third-order valence-electron chi connectivity index (χ3n) is 4.73. The summed E-state index contributed by atoms with van der Waals surface area (Å²) in [6.45, 7) is 0. The molecule has 20 heavy (non-hydrogen) atoms. The third-order valence-corrected chi connectivity index (χ3v) is 4.73. The van der Waals surface area contributed by atoms with E-state index in [1.807, 2.05) is 0 Å². The normalized spacial score (nSPS) is 32.7. The van der Waals surface area contributed by atoms with E-state index in [2.05, 4.69) is 0 Å². The molecule has 0 amide bonds. The van der Waals surface area contributed by atoms with Gasteiger partial charge >= 0.3 is 12.4 Å². The molecule has 0 radical (unpaired) electrons. The zero-order valence-corrected chi connectivity index (χ0v) is 10.5. The van der Waals surface area contributed by atoms with E-state index in [-0.39, 0.29) is 11.8 Å². The van der Waals surface area contributed by atoms with Crippen LogP contribution in [0.25, 0.3) is 0 Å². The summed E-state index contributed by atoms with van der Waals surface area (Å²) in [4.78, 5) is 0. The molecule has 2 rings (SSSR count). The number of aliphatic hydroxyl groups is 2. The highest BCUT2D eigenvalue weighted by atomic mass is 19.4. The summed E-state index contributed by atoms with van der Waals surface area (Å²) in [5.74, 6) is -0.324. The van der Waals surface area contributed by atoms with Gasteiger partial charge < -0.3 is 10.2 Å². The predicted octanol–water partition coefficient (Wildman–Crippen LogP) is 3.03. The third kappa shape index (κ3) is 2.52. The van der Waals surface area contributed by atoms with E-state index < -0.39 is 36.4 Å². The Balaban J connectivity index is 2.13. The lowest BCUT2D eigenvalue weighted by Crippen LogP contribution is -2.59. The zero-order chi connectivity index (χ0) is 15.3. The number of alkyl halides is 6. The molecule has 0 aromatic carbocycles. The van der Waals surface area contributed by atoms with E-state index in [0.29, 0.717) is 6.42 Å². The first-order chi connectivity index (χ1) is 8.96. The maximum absolute atomic E-state index is 12.6. The second kappa shape index (κ2) is 4.76. The number of aliphatic hydroxyl groups excluding tert-OH is 1. The minimum absolute atomic E-state index is 0.0271. The number of rotatable bonds is 3. The van der Waals surface area contributed by atoms with Crippen molar-refractivity contribution in [2.45, 2.75) is 56.2 Å². The van der Waals surface area contributed by atoms with Crippen LogP contribution in [0.15, 0.2) is 0 Å². The molecule has 2 aliphatic carbocycles. The quantitative estimate of drug-likeness (QED) is 0.787. The van der Waals surface area contributed by atoms with Crippen molar-refractivity contribution in [3.05, 3.63) is 0 Å². The van der Waals surface area contributed by atoms with E-state index >= 15 is 0 Å². The number of fused-ring (bicyclic) bond motifs is 2. The summed E-state index contributed by atoms with van der Waals surface area (Å²) in [5, 5.41) is 18.8. The van der Waals surface area contributed by atoms with Crippen LogP contribution in [0.3, 0.4) is 0 Å². The van der Waals surface area contributed by atoms with Crippen LogP contribution in [0.2, 0.25) is 0 Å². The Morgan fingerprint density at radius 3 is 1.85 bits per heavy atom. The molecule has 0 spiro atoms. The van der Waals surface area contributed by atoms with Crippen molar-refractivity contribution in [2.75, 3.05) is 0 Å². The van der Waals surface area contributed by atoms with Gasteiger partial charge in [-0.2, -0.15) is 26.3 Å². The van der Waals surface area contributed by atoms with Gasteiger partial charge in [0.25, 0.3) is 5.60 Å². The van der Waals surface area contributed by atoms with Gasteiger partial charge in [0.2, 0.25) is 0 Å². The van der Waals surface area contributed by atoms with E-state index in [9.17, 15) is 31.4 Å². The molecule has 2 bridgehead atoms. The van der Waals surface area contributed by atoms with Gasteiger partial charge in [0.1, 0.15) is 0 Å². The largest absolute Gasteiger partial charge is 0.426 e. The molecule has 4 unspecified atom stereocenters. The Morgan fingerprint density at radius 2 is 1.50 bits per heavy atom. The Kier molecular flexibility index (Phi) is 3.78. The SMILES string of the molecule is OC(CC(O)(C(F)(F)F)C(F)(F)F)C1CC2CCC1C2. The molecule has 2 nitrogen and oxygen atoms in total. The lowest BCUT2D eigenvalue weighted by atomic mass is 9.80. The highest BCUT2D eigenvalue weighted by molar-refractivity contribution is 5.00. The van der Waals surface area contributed by atoms with E-state index in [0.717, 1.165) is 19.3 Å². The molecule has 118 valence electrons. The summed E-state index contributed by atoms with van der Waals surface area (Å²) >= 11 is 0. The molecule has 0 aromatic rings. The van der Waals surface area contributed by atoms with Gasteiger partial charge in [0.15, 0.2) is 0 Å². The van der Waals surface area contributed by atoms with Gasteiger partial charge in [-0.05, 0) is 37.0 Å². The van der Waals surface area contributed by atoms with Gasteiger partial charge in [-0.3, -0.25) is 0 Å². The van der Waals surface area contributed by atoms with Gasteiger partial charge in [-0.25, -0.2) is 0 Å². The number of halogens is 6. The molecule has 2 saturated carbocycles. The Hall–Kier alpha value is -0.500. The van der Waals surface area contributed by atoms with Gasteiger partial charge in [-0.15, -0.1) is 0 Å². The Morgan fingerprint density at radius 1 is 0.950 bits per heavy atom. The fraction of sp³-hybridized carbons (Fsp3) is 1.00. The summed E-state index contributed by atoms with van der Waals surface area (Å²) < 4.78 is 75.3.